The van der Waals surface area contributed by atoms with E-state index in [0.717, 1.165) is 42.8 Å². The van der Waals surface area contributed by atoms with E-state index in [1.165, 1.54) is 4.68 Å². The third-order valence-electron chi connectivity index (χ3n) is 6.18. The van der Waals surface area contributed by atoms with Crippen LogP contribution < -0.4 is 10.3 Å². The minimum Gasteiger partial charge on any atom is -0.487 e. The summed E-state index contributed by atoms with van der Waals surface area (Å²) >= 11 is 15.1. The number of benzene rings is 4. The van der Waals surface area contributed by atoms with Crippen LogP contribution in [0, 0.1) is 7.14 Å². The molecule has 0 saturated carbocycles. The molecule has 2 aromatic heterocycles. The number of hydrogen-bond donors (Lipinski definition) is 0. The lowest BCUT2D eigenvalue weighted by molar-refractivity contribution is 0.301. The van der Waals surface area contributed by atoms with Crippen molar-refractivity contribution >= 4 is 121 Å². The molecule has 0 N–H and O–H groups in total. The highest BCUT2D eigenvalue weighted by Crippen LogP contribution is 2.32. The number of ether oxygens (including phenoxy) is 1. The van der Waals surface area contributed by atoms with Gasteiger partial charge in [-0.15, -0.1) is 0 Å². The van der Waals surface area contributed by atoms with E-state index in [2.05, 4.69) is 98.1 Å². The molecule has 41 heavy (non-hydrogen) atoms. The topological polar surface area (TPSA) is 69.6 Å². The second-order valence-corrected chi connectivity index (χ2v) is 14.0. The molecule has 0 saturated heterocycles. The van der Waals surface area contributed by atoms with Crippen molar-refractivity contribution in [1.29, 1.82) is 0 Å². The van der Waals surface area contributed by atoms with E-state index in [9.17, 15) is 4.79 Å². The first-order valence-electron chi connectivity index (χ1n) is 12.1. The lowest BCUT2D eigenvalue weighted by atomic mass is 10.2. The molecule has 0 aliphatic carbocycles. The van der Waals surface area contributed by atoms with Gasteiger partial charge in [0, 0.05) is 24.4 Å². The Kier molecular flexibility index (Phi) is 8.69. The molecular weight excluding hydrogens is 944 g/mol. The number of nitrogens with zero attached hydrogens (tertiary/aromatic N) is 3. The predicted octanol–water partition coefficient (Wildman–Crippen LogP) is 9.77. The summed E-state index contributed by atoms with van der Waals surface area (Å²) in [6.07, 6.45) is 1.65. The first kappa shape index (κ1) is 29.0. The van der Waals surface area contributed by atoms with Crippen molar-refractivity contribution in [2.75, 3.05) is 0 Å². The Balaban J connectivity index is 1.37. The molecule has 6 nitrogen and oxygen atoms in total. The van der Waals surface area contributed by atoms with Gasteiger partial charge in [0.1, 0.15) is 17.9 Å². The van der Waals surface area contributed by atoms with Gasteiger partial charge in [0.05, 0.1) is 24.3 Å². The van der Waals surface area contributed by atoms with Crippen LogP contribution in [0.4, 0.5) is 0 Å². The second-order valence-electron chi connectivity index (χ2n) is 8.94. The van der Waals surface area contributed by atoms with Crippen LogP contribution in [0.15, 0.2) is 107 Å². The van der Waals surface area contributed by atoms with Gasteiger partial charge in [0.2, 0.25) is 5.82 Å². The normalized spacial score (nSPS) is 11.6. The van der Waals surface area contributed by atoms with Gasteiger partial charge < -0.3 is 9.15 Å². The van der Waals surface area contributed by atoms with Gasteiger partial charge in [-0.1, -0.05) is 66.0 Å². The summed E-state index contributed by atoms with van der Waals surface area (Å²) in [5, 5.41) is 5.97. The smallest absolute Gasteiger partial charge is 0.282 e. The van der Waals surface area contributed by atoms with Gasteiger partial charge in [0.15, 0.2) is 5.76 Å². The third-order valence-corrected chi connectivity index (χ3v) is 9.51. The van der Waals surface area contributed by atoms with Gasteiger partial charge in [-0.05, 0) is 111 Å². The molecule has 0 atom stereocenters. The molecule has 0 aliphatic heterocycles. The SMILES string of the molecule is O=c1c2ccccc2nc(-c2cc3cc(Br)ccc3o2)n1N=Cc1cc(I)c(OCc2ccc(Br)cc2Br)c(I)c1. The highest BCUT2D eigenvalue weighted by Gasteiger charge is 2.17. The van der Waals surface area contributed by atoms with Crippen molar-refractivity contribution in [1.82, 2.24) is 9.66 Å². The van der Waals surface area contributed by atoms with Gasteiger partial charge in [-0.2, -0.15) is 9.78 Å². The number of fused-ring (bicyclic) bond motifs is 2. The quantitative estimate of drug-likeness (QED) is 0.123. The predicted molar refractivity (Wildman–Crippen MR) is 190 cm³/mol. The van der Waals surface area contributed by atoms with Crippen LogP contribution in [0.2, 0.25) is 0 Å². The summed E-state index contributed by atoms with van der Waals surface area (Å²) in [7, 11) is 0. The lowest BCUT2D eigenvalue weighted by Gasteiger charge is -2.13. The molecule has 204 valence electrons. The number of hydrogen-bond acceptors (Lipinski definition) is 5. The molecule has 4 aromatic carbocycles. The molecule has 6 rings (SSSR count). The fourth-order valence-electron chi connectivity index (χ4n) is 4.22. The highest BCUT2D eigenvalue weighted by molar-refractivity contribution is 14.1. The molecular formula is C30H16Br3I2N3O3. The minimum absolute atomic E-state index is 0.284. The van der Waals surface area contributed by atoms with Gasteiger partial charge in [-0.25, -0.2) is 4.98 Å². The zero-order valence-electron chi connectivity index (χ0n) is 20.7. The number of furan rings is 1. The Bertz CT molecular complexity index is 2030. The molecule has 2 heterocycles. The Morgan fingerprint density at radius 2 is 1.66 bits per heavy atom. The fourth-order valence-corrected chi connectivity index (χ4v) is 7.89. The first-order chi connectivity index (χ1) is 19.8. The molecule has 11 heteroatoms. The van der Waals surface area contributed by atoms with Crippen LogP contribution in [-0.4, -0.2) is 15.9 Å². The number of rotatable bonds is 6. The highest BCUT2D eigenvalue weighted by atomic mass is 127. The van der Waals surface area contributed by atoms with E-state index in [-0.39, 0.29) is 5.56 Å². The van der Waals surface area contributed by atoms with Crippen LogP contribution in [0.25, 0.3) is 33.5 Å². The maximum absolute atomic E-state index is 13.6. The van der Waals surface area contributed by atoms with E-state index in [1.807, 2.05) is 72.8 Å². The Morgan fingerprint density at radius 3 is 2.44 bits per heavy atom. The van der Waals surface area contributed by atoms with Crippen molar-refractivity contribution in [2.24, 2.45) is 5.10 Å². The molecule has 0 aliphatic rings. The third kappa shape index (κ3) is 6.19. The number of halogens is 5. The maximum atomic E-state index is 13.6. The molecule has 0 unspecified atom stereocenters. The molecule has 6 aromatic rings. The standard InChI is InChI=1S/C30H16Br3I2N3O3/c31-19-7-8-26-18(11-19)12-27(41-26)29-37-25-4-2-1-3-21(25)30(39)38(29)36-14-16-9-23(34)28(24(35)10-16)40-15-17-5-6-20(32)13-22(17)33/h1-14H,15H2. The van der Waals surface area contributed by atoms with E-state index in [1.54, 1.807) is 12.3 Å². The summed E-state index contributed by atoms with van der Waals surface area (Å²) in [6.45, 7) is 0.420. The molecule has 0 fully saturated rings. The zero-order valence-corrected chi connectivity index (χ0v) is 29.8. The average molecular weight is 960 g/mol. The van der Waals surface area contributed by atoms with Crippen molar-refractivity contribution in [3.63, 3.8) is 0 Å². The summed E-state index contributed by atoms with van der Waals surface area (Å²) in [5.41, 5.74) is 2.84. The van der Waals surface area contributed by atoms with Crippen LogP contribution in [0.5, 0.6) is 5.75 Å². The van der Waals surface area contributed by atoms with Crippen molar-refractivity contribution in [3.8, 4) is 17.3 Å². The monoisotopic (exact) mass is 957 g/mol. The van der Waals surface area contributed by atoms with Crippen molar-refractivity contribution < 1.29 is 9.15 Å². The summed E-state index contributed by atoms with van der Waals surface area (Å²) in [6, 6.07) is 24.8. The molecule has 0 radical (unpaired) electrons. The summed E-state index contributed by atoms with van der Waals surface area (Å²) < 4.78 is 18.3. The maximum Gasteiger partial charge on any atom is 0.282 e. The van der Waals surface area contributed by atoms with Crippen LogP contribution >= 0.6 is 93.0 Å². The van der Waals surface area contributed by atoms with E-state index in [0.29, 0.717) is 34.7 Å². The summed E-state index contributed by atoms with van der Waals surface area (Å²) in [4.78, 5) is 18.4. The minimum atomic E-state index is -0.284. The van der Waals surface area contributed by atoms with Crippen molar-refractivity contribution in [2.45, 2.75) is 6.61 Å². The molecule has 0 spiro atoms. The molecule has 0 bridgehead atoms. The zero-order chi connectivity index (χ0) is 28.7. The molecule has 0 amide bonds. The van der Waals surface area contributed by atoms with E-state index < -0.39 is 0 Å². The van der Waals surface area contributed by atoms with Gasteiger partial charge in [0.25, 0.3) is 5.56 Å². The first-order valence-corrected chi connectivity index (χ1v) is 16.6. The Hall–Kier alpha value is -2.07. The van der Waals surface area contributed by atoms with Gasteiger partial charge in [-0.3, -0.25) is 4.79 Å². The van der Waals surface area contributed by atoms with Crippen molar-refractivity contribution in [3.05, 3.63) is 121 Å². The van der Waals surface area contributed by atoms with E-state index >= 15 is 0 Å². The van der Waals surface area contributed by atoms with E-state index in [4.69, 9.17) is 14.1 Å². The Labute approximate surface area is 286 Å². The fraction of sp³-hybridized carbons (Fsp3) is 0.0333. The number of aromatic nitrogens is 2. The Morgan fingerprint density at radius 1 is 0.927 bits per heavy atom. The van der Waals surface area contributed by atoms with Crippen LogP contribution in [0.1, 0.15) is 11.1 Å². The number of para-hydroxylation sites is 1. The average Bonchev–Trinajstić information content (AvgIpc) is 3.36. The van der Waals surface area contributed by atoms with Crippen LogP contribution in [-0.2, 0) is 6.61 Å². The van der Waals surface area contributed by atoms with Gasteiger partial charge >= 0.3 is 0 Å². The second kappa shape index (κ2) is 12.3. The largest absolute Gasteiger partial charge is 0.487 e. The lowest BCUT2D eigenvalue weighted by Crippen LogP contribution is -2.20. The summed E-state index contributed by atoms with van der Waals surface area (Å²) in [5.74, 6) is 1.56. The van der Waals surface area contributed by atoms with Crippen LogP contribution in [0.3, 0.4) is 0 Å².